The van der Waals surface area contributed by atoms with Crippen LogP contribution in [0.1, 0.15) is 44.9 Å². The Balaban J connectivity index is 1.50. The molecule has 3 nitrogen and oxygen atoms in total. The molecule has 1 heterocycles. The fourth-order valence-corrected chi connectivity index (χ4v) is 3.67. The van der Waals surface area contributed by atoms with Crippen molar-refractivity contribution in [1.29, 1.82) is 0 Å². The van der Waals surface area contributed by atoms with Gasteiger partial charge in [0.2, 0.25) is 0 Å². The van der Waals surface area contributed by atoms with Crippen LogP contribution in [-0.4, -0.2) is 30.2 Å². The van der Waals surface area contributed by atoms with Gasteiger partial charge in [0.05, 0.1) is 12.2 Å². The van der Waals surface area contributed by atoms with Crippen LogP contribution in [0.5, 0.6) is 0 Å². The smallest absolute Gasteiger partial charge is 0.157 e. The number of fused-ring (bicyclic) bond motifs is 2. The topological polar surface area (TPSA) is 38.7 Å². The number of rotatable bonds is 3. The van der Waals surface area contributed by atoms with Gasteiger partial charge in [-0.1, -0.05) is 0 Å². The van der Waals surface area contributed by atoms with Gasteiger partial charge in [-0.2, -0.15) is 0 Å². The minimum absolute atomic E-state index is 0.0584. The molecule has 92 valence electrons. The molecule has 0 aromatic carbocycles. The molecule has 1 aliphatic heterocycles. The minimum atomic E-state index is -0.538. The minimum Gasteiger partial charge on any atom is -0.387 e. The highest BCUT2D eigenvalue weighted by Gasteiger charge is 2.50. The highest BCUT2D eigenvalue weighted by molar-refractivity contribution is 5.01. The Morgan fingerprint density at radius 2 is 2.19 bits per heavy atom. The molecule has 0 amide bonds. The van der Waals surface area contributed by atoms with E-state index >= 15 is 0 Å². The molecule has 3 fully saturated rings. The van der Waals surface area contributed by atoms with Gasteiger partial charge in [0, 0.05) is 6.61 Å². The summed E-state index contributed by atoms with van der Waals surface area (Å²) in [5, 5.41) is 10.5. The first-order chi connectivity index (χ1) is 7.76. The summed E-state index contributed by atoms with van der Waals surface area (Å²) in [6.07, 6.45) is 7.93. The first kappa shape index (κ1) is 11.0. The molecule has 4 atom stereocenters. The Hall–Kier alpha value is -0.120. The molecule has 3 heteroatoms. The number of aliphatic hydroxyl groups is 1. The quantitative estimate of drug-likeness (QED) is 0.800. The van der Waals surface area contributed by atoms with Crippen LogP contribution in [0.3, 0.4) is 0 Å². The van der Waals surface area contributed by atoms with E-state index in [9.17, 15) is 5.11 Å². The van der Waals surface area contributed by atoms with E-state index in [1.165, 1.54) is 25.7 Å². The van der Waals surface area contributed by atoms with Gasteiger partial charge in [-0.25, -0.2) is 0 Å². The fourth-order valence-electron chi connectivity index (χ4n) is 3.67. The molecule has 2 saturated carbocycles. The maximum Gasteiger partial charge on any atom is 0.157 e. The van der Waals surface area contributed by atoms with Crippen molar-refractivity contribution in [2.75, 3.05) is 13.2 Å². The monoisotopic (exact) mass is 226 g/mol. The maximum absolute atomic E-state index is 10.5. The Kier molecular flexibility index (Phi) is 2.94. The van der Waals surface area contributed by atoms with E-state index in [2.05, 4.69) is 0 Å². The summed E-state index contributed by atoms with van der Waals surface area (Å²) in [7, 11) is 0. The van der Waals surface area contributed by atoms with E-state index in [1.54, 1.807) is 0 Å². The van der Waals surface area contributed by atoms with Crippen LogP contribution >= 0.6 is 0 Å². The lowest BCUT2D eigenvalue weighted by Crippen LogP contribution is -2.42. The van der Waals surface area contributed by atoms with E-state index in [0.717, 1.165) is 31.8 Å². The first-order valence-electron chi connectivity index (χ1n) is 6.72. The van der Waals surface area contributed by atoms with Gasteiger partial charge in [0.25, 0.3) is 0 Å². The van der Waals surface area contributed by atoms with Gasteiger partial charge in [-0.15, -0.1) is 0 Å². The zero-order valence-corrected chi connectivity index (χ0v) is 9.86. The van der Waals surface area contributed by atoms with Gasteiger partial charge in [0.1, 0.15) is 0 Å². The number of ether oxygens (including phenoxy) is 2. The van der Waals surface area contributed by atoms with E-state index < -0.39 is 5.60 Å². The van der Waals surface area contributed by atoms with Crippen molar-refractivity contribution < 1.29 is 14.6 Å². The van der Waals surface area contributed by atoms with Crippen molar-refractivity contribution in [2.24, 2.45) is 11.8 Å². The molecule has 0 radical (unpaired) electrons. The van der Waals surface area contributed by atoms with E-state index in [0.29, 0.717) is 12.5 Å². The zero-order chi connectivity index (χ0) is 11.0. The van der Waals surface area contributed by atoms with Crippen molar-refractivity contribution in [3.05, 3.63) is 0 Å². The lowest BCUT2D eigenvalue weighted by Gasteiger charge is -2.34. The molecule has 0 spiro atoms. The molecule has 3 aliphatic rings. The molecule has 2 aliphatic carbocycles. The van der Waals surface area contributed by atoms with E-state index in [-0.39, 0.29) is 6.29 Å². The molecule has 1 saturated heterocycles. The molecule has 0 aromatic rings. The Morgan fingerprint density at radius 1 is 1.25 bits per heavy atom. The summed E-state index contributed by atoms with van der Waals surface area (Å²) in [4.78, 5) is 0. The number of hydrogen-bond donors (Lipinski definition) is 1. The third kappa shape index (κ3) is 2.01. The molecule has 2 bridgehead atoms. The molecule has 3 rings (SSSR count). The van der Waals surface area contributed by atoms with Gasteiger partial charge in [0.15, 0.2) is 6.29 Å². The van der Waals surface area contributed by atoms with Gasteiger partial charge in [-0.3, -0.25) is 0 Å². The Labute approximate surface area is 97.1 Å². The highest BCUT2D eigenvalue weighted by atomic mass is 16.7. The van der Waals surface area contributed by atoms with Crippen molar-refractivity contribution in [1.82, 2.24) is 0 Å². The van der Waals surface area contributed by atoms with Crippen LogP contribution in [0.4, 0.5) is 0 Å². The highest BCUT2D eigenvalue weighted by Crippen LogP contribution is 2.50. The molecule has 4 unspecified atom stereocenters. The SMILES string of the molecule is OC1(COC2CCCCO2)CC2CCC1C2. The van der Waals surface area contributed by atoms with Crippen molar-refractivity contribution in [3.8, 4) is 0 Å². The predicted octanol–water partition coefficient (Wildman–Crippen LogP) is 2.08. The van der Waals surface area contributed by atoms with Gasteiger partial charge in [-0.05, 0) is 56.8 Å². The van der Waals surface area contributed by atoms with Crippen LogP contribution < -0.4 is 0 Å². The van der Waals surface area contributed by atoms with Crippen molar-refractivity contribution >= 4 is 0 Å². The summed E-state index contributed by atoms with van der Waals surface area (Å²) in [6, 6.07) is 0. The fraction of sp³-hybridized carbons (Fsp3) is 1.00. The van der Waals surface area contributed by atoms with E-state index in [1.807, 2.05) is 0 Å². The van der Waals surface area contributed by atoms with Crippen molar-refractivity contribution in [2.45, 2.75) is 56.8 Å². The molecule has 16 heavy (non-hydrogen) atoms. The molecule has 0 aromatic heterocycles. The zero-order valence-electron chi connectivity index (χ0n) is 9.86. The maximum atomic E-state index is 10.5. The largest absolute Gasteiger partial charge is 0.387 e. The summed E-state index contributed by atoms with van der Waals surface area (Å²) in [5.74, 6) is 1.24. The standard InChI is InChI=1S/C13H22O3/c14-13(8-10-4-5-11(13)7-10)9-16-12-3-1-2-6-15-12/h10-12,14H,1-9H2. The normalized spacial score (nSPS) is 47.4. The van der Waals surface area contributed by atoms with Crippen LogP contribution in [0.2, 0.25) is 0 Å². The second kappa shape index (κ2) is 4.28. The third-order valence-electron chi connectivity index (χ3n) is 4.60. The number of hydrogen-bond acceptors (Lipinski definition) is 3. The first-order valence-corrected chi connectivity index (χ1v) is 6.72. The van der Waals surface area contributed by atoms with E-state index in [4.69, 9.17) is 9.47 Å². The summed E-state index contributed by atoms with van der Waals surface area (Å²) >= 11 is 0. The van der Waals surface area contributed by atoms with Crippen LogP contribution in [-0.2, 0) is 9.47 Å². The van der Waals surface area contributed by atoms with Gasteiger partial charge < -0.3 is 14.6 Å². The Bertz CT molecular complexity index is 250. The summed E-state index contributed by atoms with van der Waals surface area (Å²) in [5.41, 5.74) is -0.538. The molecule has 1 N–H and O–H groups in total. The van der Waals surface area contributed by atoms with Crippen molar-refractivity contribution in [3.63, 3.8) is 0 Å². The van der Waals surface area contributed by atoms with Gasteiger partial charge >= 0.3 is 0 Å². The van der Waals surface area contributed by atoms with Crippen LogP contribution in [0.25, 0.3) is 0 Å². The second-order valence-corrected chi connectivity index (χ2v) is 5.79. The Morgan fingerprint density at radius 3 is 2.81 bits per heavy atom. The average molecular weight is 226 g/mol. The molecular formula is C13H22O3. The average Bonchev–Trinajstić information content (AvgIpc) is 2.88. The summed E-state index contributed by atoms with van der Waals surface area (Å²) in [6.45, 7) is 1.30. The second-order valence-electron chi connectivity index (χ2n) is 5.79. The van der Waals surface area contributed by atoms with Crippen LogP contribution in [0.15, 0.2) is 0 Å². The lowest BCUT2D eigenvalue weighted by molar-refractivity contribution is -0.199. The predicted molar refractivity (Wildman–Crippen MR) is 59.9 cm³/mol. The summed E-state index contributed by atoms with van der Waals surface area (Å²) < 4.78 is 11.3. The lowest BCUT2D eigenvalue weighted by atomic mass is 9.85. The molecular weight excluding hydrogens is 204 g/mol. The van der Waals surface area contributed by atoms with Crippen LogP contribution in [0, 0.1) is 11.8 Å². The third-order valence-corrected chi connectivity index (χ3v) is 4.60.